The van der Waals surface area contributed by atoms with Gasteiger partial charge in [-0.15, -0.1) is 29.1 Å². The summed E-state index contributed by atoms with van der Waals surface area (Å²) in [6.45, 7) is 6.45. The molecule has 0 bridgehead atoms. The lowest BCUT2D eigenvalue weighted by atomic mass is 10.1. The van der Waals surface area contributed by atoms with E-state index >= 15 is 0 Å². The zero-order valence-electron chi connectivity index (χ0n) is 13.4. The molecule has 0 unspecified atom stereocenters. The van der Waals surface area contributed by atoms with Crippen LogP contribution in [-0.4, -0.2) is 9.55 Å². The van der Waals surface area contributed by atoms with E-state index in [-0.39, 0.29) is 18.0 Å². The van der Waals surface area contributed by atoms with Gasteiger partial charge in [-0.05, 0) is 17.9 Å². The van der Waals surface area contributed by atoms with Gasteiger partial charge in [0.25, 0.3) is 5.56 Å². The summed E-state index contributed by atoms with van der Waals surface area (Å²) in [6.07, 6.45) is 6.36. The number of fused-ring (bicyclic) bond motifs is 1. The van der Waals surface area contributed by atoms with E-state index in [4.69, 9.17) is 11.4 Å². The van der Waals surface area contributed by atoms with Crippen LogP contribution in [0.1, 0.15) is 37.4 Å². The molecule has 3 aromatic heterocycles. The Morgan fingerprint density at radius 2 is 2.22 bits per heavy atom. The molecule has 3 aromatic rings. The molecule has 0 amide bonds. The molecule has 0 atom stereocenters. The van der Waals surface area contributed by atoms with Crippen LogP contribution in [-0.2, 0) is 13.0 Å². The van der Waals surface area contributed by atoms with Crippen LogP contribution in [0.5, 0.6) is 0 Å². The third-order valence-electron chi connectivity index (χ3n) is 3.77. The second-order valence-electron chi connectivity index (χ2n) is 5.63. The summed E-state index contributed by atoms with van der Waals surface area (Å²) in [4.78, 5) is 21.1. The lowest BCUT2D eigenvalue weighted by Crippen LogP contribution is -2.25. The monoisotopic (exact) mass is 342 g/mol. The molecule has 0 aliphatic carbocycles. The van der Waals surface area contributed by atoms with Gasteiger partial charge in [0.2, 0.25) is 0 Å². The summed E-state index contributed by atoms with van der Waals surface area (Å²) in [5.41, 5.74) is 1.03. The summed E-state index contributed by atoms with van der Waals surface area (Å²) in [5, 5.41) is 2.75. The molecule has 0 aromatic carbocycles. The van der Waals surface area contributed by atoms with E-state index in [1.54, 1.807) is 27.2 Å². The first-order chi connectivity index (χ1) is 11.1. The second-order valence-corrected chi connectivity index (χ2v) is 7.66. The SMILES string of the molecule is C#CCn1c(C(C)C)nc2sc(CC)c(-c3cccs3)c2c1=O. The number of rotatable bonds is 4. The van der Waals surface area contributed by atoms with Crippen LogP contribution in [0, 0.1) is 12.3 Å². The van der Waals surface area contributed by atoms with Crippen molar-refractivity contribution in [3.8, 4) is 22.8 Å². The van der Waals surface area contributed by atoms with Crippen molar-refractivity contribution < 1.29 is 0 Å². The minimum Gasteiger partial charge on any atom is -0.284 e. The molecule has 3 nitrogen and oxygen atoms in total. The fraction of sp³-hybridized carbons (Fsp3) is 0.333. The van der Waals surface area contributed by atoms with Gasteiger partial charge >= 0.3 is 0 Å². The zero-order valence-corrected chi connectivity index (χ0v) is 15.1. The zero-order chi connectivity index (χ0) is 16.6. The van der Waals surface area contributed by atoms with E-state index in [1.165, 1.54) is 4.88 Å². The highest BCUT2D eigenvalue weighted by molar-refractivity contribution is 7.20. The van der Waals surface area contributed by atoms with Crippen LogP contribution >= 0.6 is 22.7 Å². The van der Waals surface area contributed by atoms with Crippen LogP contribution in [0.3, 0.4) is 0 Å². The molecule has 118 valence electrons. The van der Waals surface area contributed by atoms with Crippen LogP contribution in [0.4, 0.5) is 0 Å². The Morgan fingerprint density at radius 3 is 2.78 bits per heavy atom. The third-order valence-corrected chi connectivity index (χ3v) is 5.88. The Kier molecular flexibility index (Phi) is 4.38. The van der Waals surface area contributed by atoms with E-state index in [1.807, 2.05) is 25.3 Å². The molecular formula is C18H18N2OS2. The number of aromatic nitrogens is 2. The minimum atomic E-state index is -0.0176. The van der Waals surface area contributed by atoms with Gasteiger partial charge in [-0.3, -0.25) is 9.36 Å². The van der Waals surface area contributed by atoms with Crippen molar-refractivity contribution in [1.82, 2.24) is 9.55 Å². The average molecular weight is 342 g/mol. The predicted molar refractivity (Wildman–Crippen MR) is 99.5 cm³/mol. The van der Waals surface area contributed by atoms with Crippen LogP contribution in [0.2, 0.25) is 0 Å². The van der Waals surface area contributed by atoms with E-state index < -0.39 is 0 Å². The molecule has 3 rings (SSSR count). The predicted octanol–water partition coefficient (Wildman–Crippen LogP) is 4.51. The van der Waals surface area contributed by atoms with Gasteiger partial charge in [-0.2, -0.15) is 0 Å². The van der Waals surface area contributed by atoms with Crippen LogP contribution in [0.15, 0.2) is 22.3 Å². The molecule has 0 fully saturated rings. The summed E-state index contributed by atoms with van der Waals surface area (Å²) in [7, 11) is 0. The van der Waals surface area contributed by atoms with Gasteiger partial charge in [0, 0.05) is 21.2 Å². The molecule has 0 aliphatic rings. The second kappa shape index (κ2) is 6.31. The standard InChI is InChI=1S/C18H18N2OS2/c1-5-9-20-16(11(3)4)19-17-15(18(20)21)14(12(6-2)23-17)13-8-7-10-22-13/h1,7-8,10-11H,6,9H2,2-4H3. The number of hydrogen-bond acceptors (Lipinski definition) is 4. The van der Waals surface area contributed by atoms with Crippen molar-refractivity contribution >= 4 is 32.9 Å². The van der Waals surface area contributed by atoms with E-state index in [9.17, 15) is 4.79 Å². The van der Waals surface area contributed by atoms with E-state index in [0.717, 1.165) is 27.5 Å². The third kappa shape index (κ3) is 2.62. The van der Waals surface area contributed by atoms with Crippen molar-refractivity contribution in [3.63, 3.8) is 0 Å². The summed E-state index contributed by atoms with van der Waals surface area (Å²) >= 11 is 3.28. The van der Waals surface area contributed by atoms with Crippen molar-refractivity contribution in [1.29, 1.82) is 0 Å². The Labute approximate surface area is 143 Å². The normalized spacial score (nSPS) is 11.3. The number of terminal acetylenes is 1. The fourth-order valence-electron chi connectivity index (χ4n) is 2.76. The Morgan fingerprint density at radius 1 is 1.43 bits per heavy atom. The molecule has 0 spiro atoms. The minimum absolute atomic E-state index is 0.0176. The highest BCUT2D eigenvalue weighted by atomic mass is 32.1. The molecular weight excluding hydrogens is 324 g/mol. The number of thiophene rings is 2. The summed E-state index contributed by atoms with van der Waals surface area (Å²) in [6, 6.07) is 4.07. The first-order valence-electron chi connectivity index (χ1n) is 7.61. The largest absolute Gasteiger partial charge is 0.284 e. The van der Waals surface area contributed by atoms with Gasteiger partial charge in [-0.25, -0.2) is 4.98 Å². The van der Waals surface area contributed by atoms with Gasteiger partial charge in [0.15, 0.2) is 0 Å². The smallest absolute Gasteiger partial charge is 0.263 e. The molecule has 0 N–H and O–H groups in total. The molecule has 0 saturated carbocycles. The lowest BCUT2D eigenvalue weighted by molar-refractivity contribution is 0.651. The van der Waals surface area contributed by atoms with Gasteiger partial charge in [0.1, 0.15) is 10.7 Å². The van der Waals surface area contributed by atoms with Crippen molar-refractivity contribution in [2.45, 2.75) is 39.7 Å². The molecule has 23 heavy (non-hydrogen) atoms. The van der Waals surface area contributed by atoms with Gasteiger partial charge < -0.3 is 0 Å². The first-order valence-corrected chi connectivity index (χ1v) is 9.31. The maximum absolute atomic E-state index is 13.1. The highest BCUT2D eigenvalue weighted by Crippen LogP contribution is 2.39. The summed E-state index contributed by atoms with van der Waals surface area (Å²) in [5.74, 6) is 3.51. The van der Waals surface area contributed by atoms with Crippen molar-refractivity contribution in [3.05, 3.63) is 38.6 Å². The van der Waals surface area contributed by atoms with Crippen molar-refractivity contribution in [2.24, 2.45) is 0 Å². The topological polar surface area (TPSA) is 34.9 Å². The van der Waals surface area contributed by atoms with Crippen LogP contribution < -0.4 is 5.56 Å². The quantitative estimate of drug-likeness (QED) is 0.654. The van der Waals surface area contributed by atoms with E-state index in [2.05, 4.69) is 18.9 Å². The average Bonchev–Trinajstić information content (AvgIpc) is 3.16. The molecule has 0 aliphatic heterocycles. The molecule has 3 heterocycles. The Balaban J connectivity index is 2.44. The highest BCUT2D eigenvalue weighted by Gasteiger charge is 2.21. The summed E-state index contributed by atoms with van der Waals surface area (Å²) < 4.78 is 1.65. The van der Waals surface area contributed by atoms with Crippen molar-refractivity contribution in [2.75, 3.05) is 0 Å². The molecule has 0 radical (unpaired) electrons. The molecule has 0 saturated heterocycles. The number of hydrogen-bond donors (Lipinski definition) is 0. The lowest BCUT2D eigenvalue weighted by Gasteiger charge is -2.12. The maximum atomic E-state index is 13.1. The number of nitrogens with zero attached hydrogens (tertiary/aromatic N) is 2. The fourth-order valence-corrected chi connectivity index (χ4v) is 4.75. The number of aryl methyl sites for hydroxylation is 1. The Bertz CT molecular complexity index is 940. The first kappa shape index (κ1) is 16.0. The van der Waals surface area contributed by atoms with Gasteiger partial charge in [0.05, 0.1) is 11.9 Å². The van der Waals surface area contributed by atoms with E-state index in [0.29, 0.717) is 5.39 Å². The van der Waals surface area contributed by atoms with Crippen LogP contribution in [0.25, 0.3) is 20.7 Å². The Hall–Kier alpha value is -1.90. The maximum Gasteiger partial charge on any atom is 0.263 e. The molecule has 5 heteroatoms. The van der Waals surface area contributed by atoms with Gasteiger partial charge in [-0.1, -0.05) is 32.8 Å².